The fourth-order valence-electron chi connectivity index (χ4n) is 10.2. The van der Waals surface area contributed by atoms with Gasteiger partial charge >= 0.3 is 5.97 Å². The Bertz CT molecular complexity index is 849. The molecule has 0 bridgehead atoms. The van der Waals surface area contributed by atoms with E-state index in [-0.39, 0.29) is 33.9 Å². The molecule has 1 N–H and O–H groups in total. The van der Waals surface area contributed by atoms with E-state index in [1.54, 1.807) is 0 Å². The summed E-state index contributed by atoms with van der Waals surface area (Å²) in [6.45, 7) is 20.7. The molecule has 3 saturated carbocycles. The molecule has 0 spiro atoms. The van der Waals surface area contributed by atoms with Gasteiger partial charge in [-0.1, -0.05) is 32.9 Å². The summed E-state index contributed by atoms with van der Waals surface area (Å²) in [6.07, 6.45) is 10.1. The molecule has 0 aromatic rings. The lowest BCUT2D eigenvalue weighted by molar-refractivity contribution is -0.246. The zero-order valence-corrected chi connectivity index (χ0v) is 23.8. The van der Waals surface area contributed by atoms with Crippen molar-refractivity contribution in [3.05, 3.63) is 12.2 Å². The van der Waals surface area contributed by atoms with Crippen molar-refractivity contribution >= 4 is 5.97 Å². The number of ether oxygens (including phenoxy) is 2. The summed E-state index contributed by atoms with van der Waals surface area (Å²) in [5.41, 5.74) is 1.19. The summed E-state index contributed by atoms with van der Waals surface area (Å²) < 4.78 is 11.8. The molecule has 200 valence electrons. The number of aliphatic hydroxyl groups excluding tert-OH is 1. The summed E-state index contributed by atoms with van der Waals surface area (Å²) in [7, 11) is 1.50. The highest BCUT2D eigenvalue weighted by atomic mass is 16.5. The van der Waals surface area contributed by atoms with E-state index in [4.69, 9.17) is 9.47 Å². The van der Waals surface area contributed by atoms with Crippen molar-refractivity contribution in [2.24, 2.45) is 39.9 Å². The Balaban J connectivity index is 1.66. The number of carbonyl (C=O) groups excluding carboxylic acids is 1. The van der Waals surface area contributed by atoms with Crippen molar-refractivity contribution < 1.29 is 19.4 Å². The monoisotopic (exact) mass is 488 g/mol. The van der Waals surface area contributed by atoms with Gasteiger partial charge in [0.1, 0.15) is 0 Å². The number of aliphatic hydroxyl groups is 1. The van der Waals surface area contributed by atoms with E-state index in [9.17, 15) is 9.90 Å². The van der Waals surface area contributed by atoms with E-state index in [0.29, 0.717) is 30.1 Å². The van der Waals surface area contributed by atoms with Crippen LogP contribution >= 0.6 is 0 Å². The minimum atomic E-state index is -0.487. The predicted octanol–water partition coefficient (Wildman–Crippen LogP) is 7.09. The second kappa shape index (κ2) is 8.86. The average Bonchev–Trinajstić information content (AvgIpc) is 3.14. The van der Waals surface area contributed by atoms with Crippen LogP contribution in [0.5, 0.6) is 0 Å². The van der Waals surface area contributed by atoms with Gasteiger partial charge < -0.3 is 14.6 Å². The summed E-state index contributed by atoms with van der Waals surface area (Å²) in [5.74, 6) is 2.13. The van der Waals surface area contributed by atoms with Gasteiger partial charge in [-0.15, -0.1) is 0 Å². The summed E-state index contributed by atoms with van der Waals surface area (Å²) in [6, 6.07) is 0. The van der Waals surface area contributed by atoms with Crippen molar-refractivity contribution in [1.82, 2.24) is 0 Å². The lowest BCUT2D eigenvalue weighted by atomic mass is 9.38. The molecule has 4 nitrogen and oxygen atoms in total. The van der Waals surface area contributed by atoms with Gasteiger partial charge in [0.25, 0.3) is 0 Å². The third-order valence-electron chi connectivity index (χ3n) is 12.4. The Hall–Kier alpha value is -0.870. The van der Waals surface area contributed by atoms with E-state index >= 15 is 0 Å². The second-order valence-corrected chi connectivity index (χ2v) is 14.3. The average molecular weight is 489 g/mol. The highest BCUT2D eigenvalue weighted by Crippen LogP contribution is 2.74. The second-order valence-electron chi connectivity index (χ2n) is 14.3. The van der Waals surface area contributed by atoms with Crippen molar-refractivity contribution in [1.29, 1.82) is 0 Å². The molecule has 9 atom stereocenters. The third kappa shape index (κ3) is 4.04. The molecule has 0 aromatic heterocycles. The largest absolute Gasteiger partial charge is 0.469 e. The Morgan fingerprint density at radius 1 is 0.943 bits per heavy atom. The van der Waals surface area contributed by atoms with E-state index < -0.39 is 5.60 Å². The standard InChI is InChI=1S/C31H52O4/c1-20(2)21-12-18-30(7)24(28(21,5)16-15-26(33)34-9)11-10-22-23(13-17-29(22,30)6)31(8)19-14-25(32)27(3,4)35-31/h21-25,32H,1,10-19H2,2-9H3. The molecule has 0 amide bonds. The molecular weight excluding hydrogens is 436 g/mol. The van der Waals surface area contributed by atoms with Crippen molar-refractivity contribution in [3.63, 3.8) is 0 Å². The van der Waals surface area contributed by atoms with Crippen LogP contribution in [0.4, 0.5) is 0 Å². The number of rotatable bonds is 5. The van der Waals surface area contributed by atoms with Crippen LogP contribution in [0, 0.1) is 39.9 Å². The van der Waals surface area contributed by atoms with E-state index in [1.165, 1.54) is 51.2 Å². The molecule has 0 aromatic carbocycles. The van der Waals surface area contributed by atoms with E-state index in [0.717, 1.165) is 19.3 Å². The minimum Gasteiger partial charge on any atom is -0.469 e. The van der Waals surface area contributed by atoms with Gasteiger partial charge in [-0.25, -0.2) is 0 Å². The maximum Gasteiger partial charge on any atom is 0.305 e. The van der Waals surface area contributed by atoms with Crippen molar-refractivity contribution in [2.45, 2.75) is 130 Å². The molecule has 4 heteroatoms. The molecule has 35 heavy (non-hydrogen) atoms. The predicted molar refractivity (Wildman–Crippen MR) is 141 cm³/mol. The number of methoxy groups -OCH3 is 1. The maximum absolute atomic E-state index is 12.2. The number of fused-ring (bicyclic) bond motifs is 3. The Morgan fingerprint density at radius 3 is 2.20 bits per heavy atom. The summed E-state index contributed by atoms with van der Waals surface area (Å²) in [5, 5.41) is 10.6. The van der Waals surface area contributed by atoms with Crippen molar-refractivity contribution in [3.8, 4) is 0 Å². The third-order valence-corrected chi connectivity index (χ3v) is 12.4. The first-order valence-corrected chi connectivity index (χ1v) is 14.2. The molecular formula is C31H52O4. The Morgan fingerprint density at radius 2 is 1.60 bits per heavy atom. The van der Waals surface area contributed by atoms with Crippen LogP contribution < -0.4 is 0 Å². The van der Waals surface area contributed by atoms with Crippen LogP contribution in [0.1, 0.15) is 113 Å². The lowest BCUT2D eigenvalue weighted by Gasteiger charge is -2.67. The molecule has 3 aliphatic carbocycles. The van der Waals surface area contributed by atoms with Gasteiger partial charge in [-0.2, -0.15) is 0 Å². The van der Waals surface area contributed by atoms with Crippen LogP contribution in [0.2, 0.25) is 0 Å². The Kier molecular flexibility index (Phi) is 6.88. The molecule has 4 fully saturated rings. The maximum atomic E-state index is 12.2. The van der Waals surface area contributed by atoms with Gasteiger partial charge in [0.15, 0.2) is 0 Å². The molecule has 1 saturated heterocycles. The molecule has 1 heterocycles. The normalized spacial score (nSPS) is 49.1. The number of allylic oxidation sites excluding steroid dienone is 1. The van der Waals surface area contributed by atoms with Crippen LogP contribution in [0.25, 0.3) is 0 Å². The van der Waals surface area contributed by atoms with Crippen LogP contribution in [0.15, 0.2) is 12.2 Å². The highest BCUT2D eigenvalue weighted by molar-refractivity contribution is 5.69. The van der Waals surface area contributed by atoms with Gasteiger partial charge in [0.2, 0.25) is 0 Å². The first-order valence-electron chi connectivity index (χ1n) is 14.2. The molecule has 4 rings (SSSR count). The zero-order chi connectivity index (χ0) is 26.0. The van der Waals surface area contributed by atoms with E-state index in [2.05, 4.69) is 55.0 Å². The number of hydrogen-bond donors (Lipinski definition) is 1. The van der Waals surface area contributed by atoms with Crippen LogP contribution in [-0.4, -0.2) is 35.5 Å². The first-order chi connectivity index (χ1) is 16.1. The number of esters is 1. The summed E-state index contributed by atoms with van der Waals surface area (Å²) in [4.78, 5) is 12.2. The minimum absolute atomic E-state index is 0.0659. The Labute approximate surface area is 214 Å². The van der Waals surface area contributed by atoms with Gasteiger partial charge in [0, 0.05) is 6.42 Å². The quantitative estimate of drug-likeness (QED) is 0.331. The van der Waals surface area contributed by atoms with Crippen LogP contribution in [0.3, 0.4) is 0 Å². The highest BCUT2D eigenvalue weighted by Gasteiger charge is 2.68. The number of carbonyl (C=O) groups is 1. The van der Waals surface area contributed by atoms with Crippen LogP contribution in [-0.2, 0) is 14.3 Å². The fraction of sp³-hybridized carbons (Fsp3) is 0.903. The SMILES string of the molecule is C=C(C)C1CCC2(C)C(CCC3C(C4(C)CCC(O)C(C)(C)O4)CCC32C)C1(C)CCC(=O)OC. The zero-order valence-electron chi connectivity index (χ0n) is 23.8. The lowest BCUT2D eigenvalue weighted by Crippen LogP contribution is -2.61. The molecule has 0 radical (unpaired) electrons. The topological polar surface area (TPSA) is 55.8 Å². The first kappa shape index (κ1) is 27.2. The van der Waals surface area contributed by atoms with E-state index in [1.807, 2.05) is 0 Å². The smallest absolute Gasteiger partial charge is 0.305 e. The summed E-state index contributed by atoms with van der Waals surface area (Å²) >= 11 is 0. The van der Waals surface area contributed by atoms with Gasteiger partial charge in [-0.05, 0) is 125 Å². The fourth-order valence-corrected chi connectivity index (χ4v) is 10.2. The number of hydrogen-bond acceptors (Lipinski definition) is 4. The molecule has 9 unspecified atom stereocenters. The molecule has 1 aliphatic heterocycles. The van der Waals surface area contributed by atoms with Gasteiger partial charge in [-0.3, -0.25) is 4.79 Å². The van der Waals surface area contributed by atoms with Gasteiger partial charge in [0.05, 0.1) is 24.4 Å². The van der Waals surface area contributed by atoms with Crippen molar-refractivity contribution in [2.75, 3.05) is 7.11 Å². The molecule has 4 aliphatic rings.